The first-order valence-corrected chi connectivity index (χ1v) is 11.7. The zero-order chi connectivity index (χ0) is 23.0. The number of nitrogens with one attached hydrogen (secondary N) is 1. The van der Waals surface area contributed by atoms with Crippen LogP contribution in [0.15, 0.2) is 40.8 Å². The molecule has 5 rings (SSSR count). The molecule has 1 aliphatic heterocycles. The zero-order valence-corrected chi connectivity index (χ0v) is 19.2. The van der Waals surface area contributed by atoms with Crippen molar-refractivity contribution in [2.24, 2.45) is 0 Å². The molecule has 2 aliphatic rings. The molecule has 1 aliphatic carbocycles. The normalized spacial score (nSPS) is 17.3. The summed E-state index contributed by atoms with van der Waals surface area (Å²) >= 11 is 0. The highest BCUT2D eigenvalue weighted by Gasteiger charge is 2.42. The molecule has 0 radical (unpaired) electrons. The van der Waals surface area contributed by atoms with Crippen molar-refractivity contribution in [3.8, 4) is 11.5 Å². The molecular formula is C27H29NO5. The summed E-state index contributed by atoms with van der Waals surface area (Å²) in [7, 11) is 1.60. The topological polar surface area (TPSA) is 77.8 Å². The summed E-state index contributed by atoms with van der Waals surface area (Å²) in [6.45, 7) is 2.13. The summed E-state index contributed by atoms with van der Waals surface area (Å²) in [4.78, 5) is 26.3. The van der Waals surface area contributed by atoms with E-state index in [1.165, 1.54) is 12.8 Å². The molecule has 2 aromatic carbocycles. The fraction of sp³-hybridized carbons (Fsp3) is 0.407. The van der Waals surface area contributed by atoms with Gasteiger partial charge < -0.3 is 19.2 Å². The lowest BCUT2D eigenvalue weighted by Gasteiger charge is -2.37. The summed E-state index contributed by atoms with van der Waals surface area (Å²) in [5.41, 5.74) is 2.22. The van der Waals surface area contributed by atoms with E-state index in [4.69, 9.17) is 13.9 Å². The first kappa shape index (κ1) is 21.6. The van der Waals surface area contributed by atoms with Crippen molar-refractivity contribution >= 4 is 22.7 Å². The van der Waals surface area contributed by atoms with Crippen LogP contribution in [0.3, 0.4) is 0 Å². The number of amides is 1. The first-order valence-electron chi connectivity index (χ1n) is 11.7. The highest BCUT2D eigenvalue weighted by atomic mass is 16.5. The minimum absolute atomic E-state index is 0.0774. The van der Waals surface area contributed by atoms with Crippen molar-refractivity contribution in [1.82, 2.24) is 5.32 Å². The number of fused-ring (bicyclic) bond motifs is 3. The standard InChI is InChI=1S/C27H29NO5/c1-17-23-21(32-25(17)26(30)28-16-18-9-5-6-10-20(18)31-2)11-12-22-24(23)19(29)15-27(33-22)13-7-3-4-8-14-27/h5-6,9-12H,3-4,7-8,13-16H2,1-2H3,(H,28,30). The van der Waals surface area contributed by atoms with E-state index >= 15 is 0 Å². The second-order valence-electron chi connectivity index (χ2n) is 9.16. The number of rotatable bonds is 4. The maximum atomic E-state index is 13.4. The zero-order valence-electron chi connectivity index (χ0n) is 19.2. The summed E-state index contributed by atoms with van der Waals surface area (Å²) in [5, 5.41) is 3.59. The summed E-state index contributed by atoms with van der Waals surface area (Å²) < 4.78 is 17.8. The largest absolute Gasteiger partial charge is 0.496 e. The lowest BCUT2D eigenvalue weighted by molar-refractivity contribution is 0.0301. The van der Waals surface area contributed by atoms with Gasteiger partial charge in [-0.05, 0) is 50.8 Å². The van der Waals surface area contributed by atoms with Crippen LogP contribution in [0.4, 0.5) is 0 Å². The van der Waals surface area contributed by atoms with Crippen molar-refractivity contribution in [1.29, 1.82) is 0 Å². The van der Waals surface area contributed by atoms with Gasteiger partial charge in [0.25, 0.3) is 5.91 Å². The molecule has 1 spiro atoms. The molecule has 6 nitrogen and oxygen atoms in total. The van der Waals surface area contributed by atoms with Crippen molar-refractivity contribution < 1.29 is 23.5 Å². The Balaban J connectivity index is 1.45. The molecule has 0 unspecified atom stereocenters. The molecule has 33 heavy (non-hydrogen) atoms. The number of carbonyl (C=O) groups is 2. The number of para-hydroxylation sites is 1. The Morgan fingerprint density at radius 1 is 1.09 bits per heavy atom. The maximum absolute atomic E-state index is 13.4. The van der Waals surface area contributed by atoms with Crippen LogP contribution in [0.25, 0.3) is 11.0 Å². The van der Waals surface area contributed by atoms with Crippen LogP contribution in [-0.4, -0.2) is 24.4 Å². The molecule has 0 saturated heterocycles. The number of ketones is 1. The first-order chi connectivity index (χ1) is 16.0. The molecule has 0 atom stereocenters. The van der Waals surface area contributed by atoms with E-state index in [-0.39, 0.29) is 23.1 Å². The third-order valence-corrected chi connectivity index (χ3v) is 7.00. The smallest absolute Gasteiger partial charge is 0.287 e. The predicted octanol–water partition coefficient (Wildman–Crippen LogP) is 5.74. The van der Waals surface area contributed by atoms with Gasteiger partial charge in [0.15, 0.2) is 11.5 Å². The molecule has 172 valence electrons. The number of methoxy groups -OCH3 is 1. The van der Waals surface area contributed by atoms with Gasteiger partial charge in [0.05, 0.1) is 19.1 Å². The van der Waals surface area contributed by atoms with Crippen molar-refractivity contribution in [2.45, 2.75) is 64.0 Å². The molecule has 2 heterocycles. The number of ether oxygens (including phenoxy) is 2. The molecule has 6 heteroatoms. The summed E-state index contributed by atoms with van der Waals surface area (Å²) in [6, 6.07) is 11.2. The van der Waals surface area contributed by atoms with Crippen LogP contribution < -0.4 is 14.8 Å². The van der Waals surface area contributed by atoms with E-state index in [2.05, 4.69) is 5.32 Å². The van der Waals surface area contributed by atoms with Crippen LogP contribution >= 0.6 is 0 Å². The highest BCUT2D eigenvalue weighted by Crippen LogP contribution is 2.44. The minimum Gasteiger partial charge on any atom is -0.496 e. The third kappa shape index (κ3) is 3.88. The maximum Gasteiger partial charge on any atom is 0.287 e. The Morgan fingerprint density at radius 2 is 1.85 bits per heavy atom. The molecular weight excluding hydrogens is 418 g/mol. The van der Waals surface area contributed by atoms with Crippen LogP contribution in [0, 0.1) is 6.92 Å². The van der Waals surface area contributed by atoms with E-state index in [1.54, 1.807) is 13.2 Å². The Morgan fingerprint density at radius 3 is 2.61 bits per heavy atom. The Kier molecular flexibility index (Phi) is 5.60. The summed E-state index contributed by atoms with van der Waals surface area (Å²) in [6.07, 6.45) is 6.78. The van der Waals surface area contributed by atoms with Crippen molar-refractivity contribution in [2.75, 3.05) is 7.11 Å². The van der Waals surface area contributed by atoms with Gasteiger partial charge in [0, 0.05) is 23.1 Å². The number of hydrogen-bond donors (Lipinski definition) is 1. The second-order valence-corrected chi connectivity index (χ2v) is 9.16. The molecule has 3 aromatic rings. The van der Waals surface area contributed by atoms with Gasteiger partial charge in [-0.25, -0.2) is 0 Å². The quantitative estimate of drug-likeness (QED) is 0.552. The van der Waals surface area contributed by atoms with E-state index < -0.39 is 0 Å². The van der Waals surface area contributed by atoms with E-state index in [9.17, 15) is 9.59 Å². The van der Waals surface area contributed by atoms with Crippen LogP contribution in [0.1, 0.15) is 77.0 Å². The fourth-order valence-electron chi connectivity index (χ4n) is 5.31. The molecule has 1 N–H and O–H groups in total. The average Bonchev–Trinajstić information content (AvgIpc) is 3.00. The number of hydrogen-bond acceptors (Lipinski definition) is 5. The number of furan rings is 1. The van der Waals surface area contributed by atoms with Gasteiger partial charge in [0.1, 0.15) is 22.7 Å². The second kappa shape index (κ2) is 8.58. The Labute approximate surface area is 193 Å². The van der Waals surface area contributed by atoms with Crippen molar-refractivity contribution in [3.63, 3.8) is 0 Å². The number of benzene rings is 2. The van der Waals surface area contributed by atoms with Crippen LogP contribution in [0.2, 0.25) is 0 Å². The van der Waals surface area contributed by atoms with Gasteiger partial charge >= 0.3 is 0 Å². The fourth-order valence-corrected chi connectivity index (χ4v) is 5.31. The number of Topliss-reactive ketones (excluding diaryl/α,β-unsaturated/α-hetero) is 1. The van der Waals surface area contributed by atoms with Gasteiger partial charge in [0.2, 0.25) is 0 Å². The van der Waals surface area contributed by atoms with Crippen molar-refractivity contribution in [3.05, 3.63) is 58.8 Å². The SMILES string of the molecule is COc1ccccc1CNC(=O)c1oc2ccc3c(c2c1C)C(=O)CC1(CCCCCC1)O3. The third-order valence-electron chi connectivity index (χ3n) is 7.00. The predicted molar refractivity (Wildman–Crippen MR) is 125 cm³/mol. The molecule has 1 amide bonds. The highest BCUT2D eigenvalue weighted by molar-refractivity contribution is 6.13. The van der Waals surface area contributed by atoms with E-state index in [0.717, 1.165) is 31.2 Å². The van der Waals surface area contributed by atoms with E-state index in [1.807, 2.05) is 37.3 Å². The summed E-state index contributed by atoms with van der Waals surface area (Å²) in [5.74, 6) is 1.30. The van der Waals surface area contributed by atoms with E-state index in [0.29, 0.717) is 46.6 Å². The monoisotopic (exact) mass is 447 g/mol. The average molecular weight is 448 g/mol. The van der Waals surface area contributed by atoms with Gasteiger partial charge in [-0.3, -0.25) is 9.59 Å². The van der Waals surface area contributed by atoms with Gasteiger partial charge in [-0.2, -0.15) is 0 Å². The van der Waals surface area contributed by atoms with Gasteiger partial charge in [-0.1, -0.05) is 31.0 Å². The number of carbonyl (C=O) groups excluding carboxylic acids is 2. The molecule has 0 bridgehead atoms. The Bertz CT molecular complexity index is 1220. The molecule has 1 saturated carbocycles. The van der Waals surface area contributed by atoms with Gasteiger partial charge in [-0.15, -0.1) is 0 Å². The molecule has 1 fully saturated rings. The minimum atomic E-state index is -0.388. The van der Waals surface area contributed by atoms with Crippen LogP contribution in [0.5, 0.6) is 11.5 Å². The lowest BCUT2D eigenvalue weighted by Crippen LogP contribution is -2.41. The number of aryl methyl sites for hydroxylation is 1. The Hall–Kier alpha value is -3.28. The lowest BCUT2D eigenvalue weighted by atomic mass is 9.83. The molecule has 1 aromatic heterocycles. The van der Waals surface area contributed by atoms with Crippen LogP contribution in [-0.2, 0) is 6.54 Å².